The van der Waals surface area contributed by atoms with E-state index in [4.69, 9.17) is 16.3 Å². The summed E-state index contributed by atoms with van der Waals surface area (Å²) in [5.74, 6) is -1.05. The van der Waals surface area contributed by atoms with E-state index in [1.165, 1.54) is 23.1 Å². The average Bonchev–Trinajstić information content (AvgIpc) is 3.57. The highest BCUT2D eigenvalue weighted by atomic mass is 35.5. The van der Waals surface area contributed by atoms with Crippen LogP contribution in [0.2, 0.25) is 4.34 Å². The molecule has 36 heavy (non-hydrogen) atoms. The van der Waals surface area contributed by atoms with E-state index in [-0.39, 0.29) is 42.9 Å². The Morgan fingerprint density at radius 1 is 1.25 bits per heavy atom. The molecule has 4 rings (SSSR count). The van der Waals surface area contributed by atoms with Crippen molar-refractivity contribution >= 4 is 52.0 Å². The Morgan fingerprint density at radius 2 is 2.06 bits per heavy atom. The summed E-state index contributed by atoms with van der Waals surface area (Å²) in [5, 5.41) is 8.46. The van der Waals surface area contributed by atoms with E-state index in [2.05, 4.69) is 20.7 Å². The first-order valence-corrected chi connectivity index (χ1v) is 12.5. The molecule has 3 amide bonds. The van der Waals surface area contributed by atoms with Crippen molar-refractivity contribution < 1.29 is 32.6 Å². The summed E-state index contributed by atoms with van der Waals surface area (Å²) in [4.78, 5) is 39.5. The molecular formula is C23H25ClF2N4O5S. The topological polar surface area (TPSA) is 109 Å². The van der Waals surface area contributed by atoms with Crippen molar-refractivity contribution in [2.24, 2.45) is 5.92 Å². The Hall–Kier alpha value is -2.80. The molecule has 2 fully saturated rings. The largest absolute Gasteiger partial charge is 0.433 e. The number of halogens is 3. The van der Waals surface area contributed by atoms with E-state index in [9.17, 15) is 23.2 Å². The van der Waals surface area contributed by atoms with Gasteiger partial charge >= 0.3 is 6.61 Å². The smallest absolute Gasteiger partial charge is 0.387 e. The number of nitrogens with one attached hydrogen (secondary N) is 3. The van der Waals surface area contributed by atoms with Gasteiger partial charge in [-0.15, -0.1) is 11.3 Å². The molecule has 194 valence electrons. The zero-order valence-corrected chi connectivity index (χ0v) is 20.7. The maximum absolute atomic E-state index is 13.1. The number of carbonyl (C=O) groups is 3. The molecule has 0 unspecified atom stereocenters. The molecule has 1 aliphatic heterocycles. The molecule has 0 bridgehead atoms. The van der Waals surface area contributed by atoms with Crippen LogP contribution in [0.3, 0.4) is 0 Å². The number of hydrogen-bond acceptors (Lipinski definition) is 7. The van der Waals surface area contributed by atoms with Gasteiger partial charge in [-0.3, -0.25) is 14.4 Å². The minimum absolute atomic E-state index is 0.0133. The van der Waals surface area contributed by atoms with Crippen molar-refractivity contribution in [2.45, 2.75) is 25.5 Å². The second-order valence-electron chi connectivity index (χ2n) is 8.36. The first kappa shape index (κ1) is 26.3. The molecule has 3 N–H and O–H groups in total. The van der Waals surface area contributed by atoms with Crippen LogP contribution in [0.25, 0.3) is 0 Å². The fraction of sp³-hybridized carbons (Fsp3) is 0.435. The summed E-state index contributed by atoms with van der Waals surface area (Å²) < 4.78 is 36.5. The molecule has 2 aliphatic rings. The van der Waals surface area contributed by atoms with Crippen molar-refractivity contribution in [3.63, 3.8) is 0 Å². The predicted molar refractivity (Wildman–Crippen MR) is 131 cm³/mol. The Kier molecular flexibility index (Phi) is 8.72. The van der Waals surface area contributed by atoms with Crippen molar-refractivity contribution in [3.05, 3.63) is 39.5 Å². The van der Waals surface area contributed by atoms with Gasteiger partial charge in [0.2, 0.25) is 5.91 Å². The Morgan fingerprint density at radius 3 is 2.72 bits per heavy atom. The molecule has 1 aromatic heterocycles. The maximum atomic E-state index is 13.1. The molecular weight excluding hydrogens is 518 g/mol. The van der Waals surface area contributed by atoms with Gasteiger partial charge in [0.05, 0.1) is 21.5 Å². The fourth-order valence-electron chi connectivity index (χ4n) is 3.59. The highest BCUT2D eigenvalue weighted by Gasteiger charge is 2.27. The highest BCUT2D eigenvalue weighted by Crippen LogP contribution is 2.32. The van der Waals surface area contributed by atoms with Gasteiger partial charge in [0.25, 0.3) is 11.8 Å². The highest BCUT2D eigenvalue weighted by molar-refractivity contribution is 7.18. The third-order valence-electron chi connectivity index (χ3n) is 5.67. The summed E-state index contributed by atoms with van der Waals surface area (Å²) in [7, 11) is 0. The van der Waals surface area contributed by atoms with Gasteiger partial charge in [-0.1, -0.05) is 11.6 Å². The van der Waals surface area contributed by atoms with Gasteiger partial charge in [0, 0.05) is 24.8 Å². The van der Waals surface area contributed by atoms with Crippen LogP contribution in [0, 0.1) is 5.92 Å². The molecule has 0 radical (unpaired) electrons. The fourth-order valence-corrected chi connectivity index (χ4v) is 4.55. The van der Waals surface area contributed by atoms with Crippen molar-refractivity contribution in [1.82, 2.24) is 10.6 Å². The standard InChI is InChI=1S/C23H25ClF2N4O5S/c24-19-6-5-18(36-19)22(33)28-11-16(27-10-13-1-2-13)21(32)29-15-4-3-14(9-17(15)35-23(25)26)30-7-8-34-12-20(30)31/h3-6,9,13,16,23,27H,1-2,7-8,10-12H2,(H,28,33)(H,29,32)/t16-/m0/s1. The van der Waals surface area contributed by atoms with E-state index in [1.807, 2.05) is 0 Å². The second kappa shape index (κ2) is 12.0. The number of hydrogen-bond donors (Lipinski definition) is 3. The molecule has 1 aliphatic carbocycles. The first-order valence-electron chi connectivity index (χ1n) is 11.3. The zero-order chi connectivity index (χ0) is 25.7. The number of nitrogens with zero attached hydrogens (tertiary/aromatic N) is 1. The number of thiophene rings is 1. The summed E-state index contributed by atoms with van der Waals surface area (Å²) in [5.41, 5.74) is 0.363. The SMILES string of the molecule is O=C(NC[C@H](NCC1CC1)C(=O)Nc1ccc(N2CCOCC2=O)cc1OC(F)F)c1ccc(Cl)s1. The summed E-state index contributed by atoms with van der Waals surface area (Å²) in [6.45, 7) is -2.12. The Bertz CT molecular complexity index is 1110. The molecule has 1 atom stereocenters. The quantitative estimate of drug-likeness (QED) is 0.403. The van der Waals surface area contributed by atoms with Crippen LogP contribution in [0.1, 0.15) is 22.5 Å². The van der Waals surface area contributed by atoms with Gasteiger partial charge in [-0.05, 0) is 49.6 Å². The van der Waals surface area contributed by atoms with Crippen LogP contribution in [-0.4, -0.2) is 63.2 Å². The lowest BCUT2D eigenvalue weighted by molar-refractivity contribution is -0.125. The third-order valence-corrected chi connectivity index (χ3v) is 6.90. The van der Waals surface area contributed by atoms with Crippen LogP contribution in [-0.2, 0) is 14.3 Å². The van der Waals surface area contributed by atoms with Gasteiger partial charge in [0.1, 0.15) is 12.6 Å². The Labute approximate surface area is 215 Å². The van der Waals surface area contributed by atoms with Crippen LogP contribution in [0.15, 0.2) is 30.3 Å². The van der Waals surface area contributed by atoms with Gasteiger partial charge in [-0.2, -0.15) is 8.78 Å². The van der Waals surface area contributed by atoms with Crippen LogP contribution in [0.4, 0.5) is 20.2 Å². The molecule has 1 saturated heterocycles. The van der Waals surface area contributed by atoms with Gasteiger partial charge in [-0.25, -0.2) is 0 Å². The lowest BCUT2D eigenvalue weighted by Crippen LogP contribution is -2.49. The molecule has 2 aromatic rings. The van der Waals surface area contributed by atoms with Crippen molar-refractivity contribution in [3.8, 4) is 5.75 Å². The molecule has 1 saturated carbocycles. The minimum Gasteiger partial charge on any atom is -0.433 e. The number of carbonyl (C=O) groups excluding carboxylic acids is 3. The first-order chi connectivity index (χ1) is 17.3. The molecule has 2 heterocycles. The zero-order valence-electron chi connectivity index (χ0n) is 19.1. The molecule has 9 nitrogen and oxygen atoms in total. The van der Waals surface area contributed by atoms with E-state index >= 15 is 0 Å². The van der Waals surface area contributed by atoms with Crippen LogP contribution >= 0.6 is 22.9 Å². The average molecular weight is 543 g/mol. The molecule has 0 spiro atoms. The summed E-state index contributed by atoms with van der Waals surface area (Å²) in [6, 6.07) is 6.58. The summed E-state index contributed by atoms with van der Waals surface area (Å²) >= 11 is 7.00. The molecule has 13 heteroatoms. The number of morpholine rings is 1. The Balaban J connectivity index is 1.47. The third kappa shape index (κ3) is 7.12. The number of benzene rings is 1. The number of anilines is 2. The van der Waals surface area contributed by atoms with Crippen molar-refractivity contribution in [2.75, 3.05) is 43.1 Å². The van der Waals surface area contributed by atoms with Crippen molar-refractivity contribution in [1.29, 1.82) is 0 Å². The lowest BCUT2D eigenvalue weighted by atomic mass is 10.2. The number of alkyl halides is 2. The predicted octanol–water partition coefficient (Wildman–Crippen LogP) is 3.10. The van der Waals surface area contributed by atoms with Gasteiger partial charge in [0.15, 0.2) is 5.75 Å². The lowest BCUT2D eigenvalue weighted by Gasteiger charge is -2.27. The van der Waals surface area contributed by atoms with Crippen LogP contribution < -0.4 is 25.6 Å². The monoisotopic (exact) mass is 542 g/mol. The van der Waals surface area contributed by atoms with E-state index in [1.54, 1.807) is 12.1 Å². The van der Waals surface area contributed by atoms with E-state index in [0.29, 0.717) is 34.0 Å². The summed E-state index contributed by atoms with van der Waals surface area (Å²) in [6.07, 6.45) is 2.10. The number of ether oxygens (including phenoxy) is 2. The minimum atomic E-state index is -3.14. The van der Waals surface area contributed by atoms with Crippen LogP contribution in [0.5, 0.6) is 5.75 Å². The maximum Gasteiger partial charge on any atom is 0.387 e. The van der Waals surface area contributed by atoms with Gasteiger partial charge < -0.3 is 30.3 Å². The van der Waals surface area contributed by atoms with E-state index in [0.717, 1.165) is 24.2 Å². The normalized spacial score (nSPS) is 16.7. The number of amides is 3. The number of rotatable bonds is 11. The van der Waals surface area contributed by atoms with E-state index < -0.39 is 18.6 Å². The second-order valence-corrected chi connectivity index (χ2v) is 10.1. The molecule has 1 aromatic carbocycles.